The Morgan fingerprint density at radius 1 is 1.04 bits per heavy atom. The lowest BCUT2D eigenvalue weighted by molar-refractivity contribution is 0.415. The number of aryl methyl sites for hydroxylation is 1. The number of hydrogen-bond donors (Lipinski definition) is 0. The standard InChI is InChI=1S/C21H15FN2O/c1-13-9-15(11-23)21-18-8-7-17(25-2)10-19(18)20(12-24(13)21)14-3-5-16(22)6-4-14/h3-10,12H,1-2H3. The second-order valence-corrected chi connectivity index (χ2v) is 5.99. The van der Waals surface area contributed by atoms with Gasteiger partial charge in [-0.25, -0.2) is 4.39 Å². The molecule has 4 heteroatoms. The Morgan fingerprint density at radius 3 is 2.48 bits per heavy atom. The zero-order valence-corrected chi connectivity index (χ0v) is 13.9. The molecular weight excluding hydrogens is 315 g/mol. The highest BCUT2D eigenvalue weighted by Gasteiger charge is 2.15. The smallest absolute Gasteiger partial charge is 0.123 e. The van der Waals surface area contributed by atoms with E-state index in [1.165, 1.54) is 12.1 Å². The first kappa shape index (κ1) is 15.2. The van der Waals surface area contributed by atoms with E-state index in [1.54, 1.807) is 19.2 Å². The van der Waals surface area contributed by atoms with Crippen LogP contribution in [0.4, 0.5) is 4.39 Å². The highest BCUT2D eigenvalue weighted by atomic mass is 19.1. The van der Waals surface area contributed by atoms with Gasteiger partial charge in [0, 0.05) is 22.8 Å². The highest BCUT2D eigenvalue weighted by Crippen LogP contribution is 2.36. The van der Waals surface area contributed by atoms with Crippen molar-refractivity contribution in [2.24, 2.45) is 0 Å². The summed E-state index contributed by atoms with van der Waals surface area (Å²) in [5.74, 6) is 0.470. The number of halogens is 1. The average molecular weight is 330 g/mol. The minimum absolute atomic E-state index is 0.268. The van der Waals surface area contributed by atoms with Gasteiger partial charge in [0.05, 0.1) is 18.2 Å². The first-order valence-corrected chi connectivity index (χ1v) is 7.91. The Kier molecular flexibility index (Phi) is 3.43. The molecule has 0 saturated carbocycles. The Hall–Kier alpha value is -3.32. The Labute approximate surface area is 144 Å². The molecule has 3 nitrogen and oxygen atoms in total. The zero-order chi connectivity index (χ0) is 17.6. The minimum Gasteiger partial charge on any atom is -0.497 e. The molecule has 0 atom stereocenters. The van der Waals surface area contributed by atoms with Gasteiger partial charge in [-0.05, 0) is 54.3 Å². The molecule has 0 spiro atoms. The van der Waals surface area contributed by atoms with Crippen LogP contribution in [0.25, 0.3) is 27.4 Å². The number of fused-ring (bicyclic) bond motifs is 3. The fraction of sp³-hybridized carbons (Fsp3) is 0.0952. The molecule has 2 aromatic heterocycles. The number of rotatable bonds is 2. The van der Waals surface area contributed by atoms with Crippen molar-refractivity contribution < 1.29 is 9.13 Å². The molecule has 122 valence electrons. The van der Waals surface area contributed by atoms with Crippen molar-refractivity contribution in [1.29, 1.82) is 5.26 Å². The maximum absolute atomic E-state index is 13.3. The number of nitriles is 1. The van der Waals surface area contributed by atoms with Crippen molar-refractivity contribution in [3.05, 3.63) is 71.8 Å². The lowest BCUT2D eigenvalue weighted by Crippen LogP contribution is -1.94. The molecule has 0 aliphatic rings. The second kappa shape index (κ2) is 5.64. The van der Waals surface area contributed by atoms with Gasteiger partial charge in [0.2, 0.25) is 0 Å². The van der Waals surface area contributed by atoms with Crippen LogP contribution in [-0.4, -0.2) is 11.5 Å². The van der Waals surface area contributed by atoms with E-state index < -0.39 is 0 Å². The van der Waals surface area contributed by atoms with Crippen LogP contribution in [0.3, 0.4) is 0 Å². The quantitative estimate of drug-likeness (QED) is 0.513. The van der Waals surface area contributed by atoms with Crippen LogP contribution in [0.2, 0.25) is 0 Å². The Bertz CT molecular complexity index is 1150. The number of hydrogen-bond acceptors (Lipinski definition) is 2. The van der Waals surface area contributed by atoms with E-state index in [4.69, 9.17) is 4.74 Å². The molecule has 0 N–H and O–H groups in total. The van der Waals surface area contributed by atoms with Crippen LogP contribution >= 0.6 is 0 Å². The molecule has 4 aromatic rings. The molecule has 2 aromatic carbocycles. The summed E-state index contributed by atoms with van der Waals surface area (Å²) in [5, 5.41) is 11.4. The molecule has 0 amide bonds. The lowest BCUT2D eigenvalue weighted by atomic mass is 9.99. The van der Waals surface area contributed by atoms with Crippen LogP contribution in [0.5, 0.6) is 5.75 Å². The summed E-state index contributed by atoms with van der Waals surface area (Å²) in [5.41, 5.74) is 4.37. The van der Waals surface area contributed by atoms with Crippen molar-refractivity contribution in [2.75, 3.05) is 7.11 Å². The Balaban J connectivity index is 2.18. The molecule has 0 radical (unpaired) electrons. The number of nitrogens with zero attached hydrogens (tertiary/aromatic N) is 2. The van der Waals surface area contributed by atoms with Crippen molar-refractivity contribution in [1.82, 2.24) is 4.40 Å². The predicted molar refractivity (Wildman–Crippen MR) is 96.3 cm³/mol. The number of methoxy groups -OCH3 is 1. The zero-order valence-electron chi connectivity index (χ0n) is 13.9. The first-order chi connectivity index (χ1) is 12.1. The third kappa shape index (κ3) is 2.33. The molecule has 0 unspecified atom stereocenters. The van der Waals surface area contributed by atoms with E-state index in [0.717, 1.165) is 38.9 Å². The minimum atomic E-state index is -0.268. The summed E-state index contributed by atoms with van der Waals surface area (Å²) in [6, 6.07) is 16.4. The van der Waals surface area contributed by atoms with Gasteiger partial charge in [-0.3, -0.25) is 0 Å². The van der Waals surface area contributed by atoms with E-state index in [2.05, 4.69) is 6.07 Å². The normalized spacial score (nSPS) is 11.0. The fourth-order valence-electron chi connectivity index (χ4n) is 3.32. The van der Waals surface area contributed by atoms with Crippen LogP contribution in [0, 0.1) is 24.1 Å². The number of ether oxygens (including phenoxy) is 1. The van der Waals surface area contributed by atoms with Gasteiger partial charge in [-0.2, -0.15) is 5.26 Å². The van der Waals surface area contributed by atoms with E-state index in [0.29, 0.717) is 5.56 Å². The van der Waals surface area contributed by atoms with Gasteiger partial charge in [-0.1, -0.05) is 12.1 Å². The number of benzene rings is 2. The maximum Gasteiger partial charge on any atom is 0.123 e. The van der Waals surface area contributed by atoms with Gasteiger partial charge < -0.3 is 9.14 Å². The van der Waals surface area contributed by atoms with E-state index in [9.17, 15) is 9.65 Å². The topological polar surface area (TPSA) is 37.4 Å². The predicted octanol–water partition coefficient (Wildman–Crippen LogP) is 5.09. The largest absolute Gasteiger partial charge is 0.497 e. The molecule has 0 saturated heterocycles. The summed E-state index contributed by atoms with van der Waals surface area (Å²) in [6.45, 7) is 1.97. The fourth-order valence-corrected chi connectivity index (χ4v) is 3.32. The summed E-state index contributed by atoms with van der Waals surface area (Å²) in [7, 11) is 1.62. The monoisotopic (exact) mass is 330 g/mol. The van der Waals surface area contributed by atoms with Crippen molar-refractivity contribution >= 4 is 16.3 Å². The van der Waals surface area contributed by atoms with Gasteiger partial charge in [-0.15, -0.1) is 0 Å². The summed E-state index contributed by atoms with van der Waals surface area (Å²) in [4.78, 5) is 0. The molecule has 0 aliphatic heterocycles. The van der Waals surface area contributed by atoms with Gasteiger partial charge in [0.25, 0.3) is 0 Å². The molecule has 4 rings (SSSR count). The first-order valence-electron chi connectivity index (χ1n) is 7.91. The number of aromatic nitrogens is 1. The molecule has 0 bridgehead atoms. The van der Waals surface area contributed by atoms with Crippen LogP contribution in [0.15, 0.2) is 54.7 Å². The van der Waals surface area contributed by atoms with Gasteiger partial charge in [0.15, 0.2) is 0 Å². The van der Waals surface area contributed by atoms with Crippen molar-refractivity contribution in [3.63, 3.8) is 0 Å². The number of pyridine rings is 1. The van der Waals surface area contributed by atoms with Crippen molar-refractivity contribution in [2.45, 2.75) is 6.92 Å². The van der Waals surface area contributed by atoms with Crippen LogP contribution in [0.1, 0.15) is 11.3 Å². The van der Waals surface area contributed by atoms with Gasteiger partial charge >= 0.3 is 0 Å². The van der Waals surface area contributed by atoms with Crippen LogP contribution < -0.4 is 4.74 Å². The maximum atomic E-state index is 13.3. The van der Waals surface area contributed by atoms with Crippen molar-refractivity contribution in [3.8, 4) is 22.9 Å². The third-order valence-electron chi connectivity index (χ3n) is 4.54. The van der Waals surface area contributed by atoms with E-state index >= 15 is 0 Å². The SMILES string of the molecule is COc1ccc2c(c1)c(-c1ccc(F)cc1)cn1c(C)cc(C#N)c21. The lowest BCUT2D eigenvalue weighted by Gasteiger charge is -2.12. The second-order valence-electron chi connectivity index (χ2n) is 5.99. The molecular formula is C21H15FN2O. The molecule has 0 aliphatic carbocycles. The third-order valence-corrected chi connectivity index (χ3v) is 4.54. The van der Waals surface area contributed by atoms with Crippen LogP contribution in [-0.2, 0) is 0 Å². The Morgan fingerprint density at radius 2 is 1.80 bits per heavy atom. The average Bonchev–Trinajstić information content (AvgIpc) is 2.97. The van der Waals surface area contributed by atoms with Gasteiger partial charge in [0.1, 0.15) is 17.6 Å². The van der Waals surface area contributed by atoms with E-state index in [-0.39, 0.29) is 5.82 Å². The summed E-state index contributed by atoms with van der Waals surface area (Å²) in [6.07, 6.45) is 2.00. The highest BCUT2D eigenvalue weighted by molar-refractivity contribution is 6.06. The molecule has 25 heavy (non-hydrogen) atoms. The molecule has 0 fully saturated rings. The molecule has 2 heterocycles. The van der Waals surface area contributed by atoms with E-state index in [1.807, 2.05) is 41.8 Å². The summed E-state index contributed by atoms with van der Waals surface area (Å²) < 4.78 is 20.7. The summed E-state index contributed by atoms with van der Waals surface area (Å²) >= 11 is 0.